The maximum absolute atomic E-state index is 12.1. The quantitative estimate of drug-likeness (QED) is 0.418. The molecule has 0 amide bonds. The second-order valence-electron chi connectivity index (χ2n) is 4.60. The molecule has 0 aliphatic carbocycles. The van der Waals surface area contributed by atoms with Gasteiger partial charge in [0.1, 0.15) is 5.75 Å². The number of nitro groups is 1. The third-order valence-electron chi connectivity index (χ3n) is 3.03. The number of phosphoric ester groups is 1. The molecule has 8 nitrogen and oxygen atoms in total. The number of non-ortho nitro benzene ring substituents is 1. The van der Waals surface area contributed by atoms with Crippen molar-refractivity contribution in [3.05, 3.63) is 64.8 Å². The molecule has 0 radical (unpaired) electrons. The topological polar surface area (TPSA) is 115 Å². The van der Waals surface area contributed by atoms with E-state index in [4.69, 9.17) is 9.05 Å². The molecule has 0 bridgehead atoms. The minimum Gasteiger partial charge on any atom is -0.395 e. The average molecular weight is 334 g/mol. The Morgan fingerprint density at radius 1 is 1.09 bits per heavy atom. The van der Waals surface area contributed by atoms with Gasteiger partial charge in [-0.2, -0.15) is 0 Å². The lowest BCUT2D eigenvalue weighted by molar-refractivity contribution is -0.384. The van der Waals surface area contributed by atoms with Gasteiger partial charge in [0, 0.05) is 29.2 Å². The van der Waals surface area contributed by atoms with Crippen molar-refractivity contribution in [2.45, 2.75) is 0 Å². The van der Waals surface area contributed by atoms with Crippen LogP contribution in [0.2, 0.25) is 0 Å². The van der Waals surface area contributed by atoms with E-state index in [-0.39, 0.29) is 17.2 Å². The van der Waals surface area contributed by atoms with Gasteiger partial charge < -0.3 is 14.0 Å². The Bertz CT molecular complexity index is 905. The predicted octanol–water partition coefficient (Wildman–Crippen LogP) is 3.63. The first-order chi connectivity index (χ1) is 10.9. The van der Waals surface area contributed by atoms with E-state index in [1.807, 2.05) is 6.07 Å². The Kier molecular flexibility index (Phi) is 3.77. The molecule has 2 N–H and O–H groups in total. The van der Waals surface area contributed by atoms with E-state index >= 15 is 0 Å². The summed E-state index contributed by atoms with van der Waals surface area (Å²) in [7, 11) is -4.44. The maximum atomic E-state index is 12.1. The van der Waals surface area contributed by atoms with Crippen LogP contribution in [0.4, 0.5) is 5.69 Å². The van der Waals surface area contributed by atoms with Gasteiger partial charge in [0.2, 0.25) is 0 Å². The van der Waals surface area contributed by atoms with Crippen molar-refractivity contribution in [3.63, 3.8) is 0 Å². The van der Waals surface area contributed by atoms with Crippen molar-refractivity contribution >= 4 is 24.4 Å². The van der Waals surface area contributed by atoms with Crippen LogP contribution < -0.4 is 9.05 Å². The van der Waals surface area contributed by atoms with E-state index in [2.05, 4.69) is 4.98 Å². The summed E-state index contributed by atoms with van der Waals surface area (Å²) in [5.74, 6) is 0.162. The van der Waals surface area contributed by atoms with Gasteiger partial charge in [-0.15, -0.1) is 0 Å². The van der Waals surface area contributed by atoms with E-state index in [0.29, 0.717) is 5.39 Å². The van der Waals surface area contributed by atoms with E-state index < -0.39 is 12.7 Å². The number of rotatable bonds is 5. The maximum Gasteiger partial charge on any atom is 0.584 e. The van der Waals surface area contributed by atoms with Crippen LogP contribution in [0, 0.1) is 10.1 Å². The minimum absolute atomic E-state index is 0.0127. The third-order valence-corrected chi connectivity index (χ3v) is 3.90. The zero-order chi connectivity index (χ0) is 16.4. The molecule has 1 aromatic heterocycles. The van der Waals surface area contributed by atoms with Crippen LogP contribution in [0.25, 0.3) is 10.9 Å². The van der Waals surface area contributed by atoms with Crippen LogP contribution in [0.5, 0.6) is 11.5 Å². The normalized spacial score (nSPS) is 13.4. The summed E-state index contributed by atoms with van der Waals surface area (Å²) < 4.78 is 22.0. The molecule has 0 aliphatic rings. The zero-order valence-corrected chi connectivity index (χ0v) is 12.5. The monoisotopic (exact) mass is 334 g/mol. The molecule has 1 atom stereocenters. The van der Waals surface area contributed by atoms with Crippen LogP contribution in [-0.2, 0) is 4.57 Å². The Labute approximate surface area is 130 Å². The Morgan fingerprint density at radius 3 is 2.48 bits per heavy atom. The molecule has 0 saturated carbocycles. The van der Waals surface area contributed by atoms with Crippen molar-refractivity contribution in [1.82, 2.24) is 4.98 Å². The highest BCUT2D eigenvalue weighted by Crippen LogP contribution is 2.46. The van der Waals surface area contributed by atoms with Gasteiger partial charge in [0.05, 0.1) is 4.92 Å². The summed E-state index contributed by atoms with van der Waals surface area (Å²) in [4.78, 5) is 22.7. The first-order valence-electron chi connectivity index (χ1n) is 6.47. The molecule has 0 saturated heterocycles. The van der Waals surface area contributed by atoms with Crippen LogP contribution >= 0.6 is 7.82 Å². The Hall–Kier alpha value is -2.83. The minimum atomic E-state index is -4.44. The van der Waals surface area contributed by atoms with Crippen LogP contribution in [0.3, 0.4) is 0 Å². The summed E-state index contributed by atoms with van der Waals surface area (Å²) in [5.41, 5.74) is 0.598. The van der Waals surface area contributed by atoms with Gasteiger partial charge in [-0.25, -0.2) is 4.57 Å². The molecule has 0 fully saturated rings. The fraction of sp³-hybridized carbons (Fsp3) is 0. The van der Waals surface area contributed by atoms with Gasteiger partial charge in [-0.3, -0.25) is 15.0 Å². The summed E-state index contributed by atoms with van der Waals surface area (Å²) in [5, 5.41) is 11.2. The van der Waals surface area contributed by atoms with Crippen molar-refractivity contribution in [3.8, 4) is 11.5 Å². The van der Waals surface area contributed by atoms with Gasteiger partial charge >= 0.3 is 7.82 Å². The van der Waals surface area contributed by atoms with Gasteiger partial charge in [-0.1, -0.05) is 12.1 Å². The number of hydrogen-bond acceptors (Lipinski definition) is 5. The van der Waals surface area contributed by atoms with E-state index in [0.717, 1.165) is 5.52 Å². The molecule has 2 aromatic carbocycles. The largest absolute Gasteiger partial charge is 0.584 e. The smallest absolute Gasteiger partial charge is 0.395 e. The molecular formula is C14H11N2O6P. The molecule has 1 heterocycles. The number of nitro benzene ring substituents is 1. The van der Waals surface area contributed by atoms with Crippen LogP contribution in [-0.4, -0.2) is 14.8 Å². The number of aromatic nitrogens is 1. The number of benzene rings is 2. The zero-order valence-electron chi connectivity index (χ0n) is 11.6. The summed E-state index contributed by atoms with van der Waals surface area (Å²) in [6, 6.07) is 11.9. The van der Waals surface area contributed by atoms with Crippen LogP contribution in [0.1, 0.15) is 0 Å². The molecule has 0 aliphatic heterocycles. The van der Waals surface area contributed by atoms with Crippen molar-refractivity contribution in [2.24, 2.45) is 0 Å². The SMILES string of the molecule is O=[N+]([O-])c1ccc(OP(=O)(O)Oc2c[nH]c3ccccc23)cc1. The van der Waals surface area contributed by atoms with Gasteiger partial charge in [0.15, 0.2) is 5.75 Å². The van der Waals surface area contributed by atoms with Gasteiger partial charge in [0.25, 0.3) is 5.69 Å². The van der Waals surface area contributed by atoms with E-state index in [1.54, 1.807) is 18.2 Å². The first-order valence-corrected chi connectivity index (χ1v) is 7.97. The van der Waals surface area contributed by atoms with E-state index in [1.165, 1.54) is 30.5 Å². The fourth-order valence-corrected chi connectivity index (χ4v) is 2.85. The predicted molar refractivity (Wildman–Crippen MR) is 82.5 cm³/mol. The highest BCUT2D eigenvalue weighted by Gasteiger charge is 2.26. The highest BCUT2D eigenvalue weighted by atomic mass is 31.2. The Morgan fingerprint density at radius 2 is 1.78 bits per heavy atom. The molecule has 9 heteroatoms. The van der Waals surface area contributed by atoms with Gasteiger partial charge in [-0.05, 0) is 24.3 Å². The lowest BCUT2D eigenvalue weighted by Gasteiger charge is -2.13. The highest BCUT2D eigenvalue weighted by molar-refractivity contribution is 7.48. The molecule has 1 unspecified atom stereocenters. The molecular weight excluding hydrogens is 323 g/mol. The summed E-state index contributed by atoms with van der Waals surface area (Å²) >= 11 is 0. The number of aromatic amines is 1. The lowest BCUT2D eigenvalue weighted by Crippen LogP contribution is -1.99. The second kappa shape index (κ2) is 5.75. The van der Waals surface area contributed by atoms with E-state index in [9.17, 15) is 19.6 Å². The summed E-state index contributed by atoms with van der Waals surface area (Å²) in [6.07, 6.45) is 1.45. The fourth-order valence-electron chi connectivity index (χ4n) is 2.03. The molecule has 0 spiro atoms. The average Bonchev–Trinajstić information content (AvgIpc) is 2.90. The second-order valence-corrected chi connectivity index (χ2v) is 5.90. The number of H-pyrrole nitrogens is 1. The Balaban J connectivity index is 1.79. The number of para-hydroxylation sites is 1. The summed E-state index contributed by atoms with van der Waals surface area (Å²) in [6.45, 7) is 0. The molecule has 3 aromatic rings. The van der Waals surface area contributed by atoms with Crippen LogP contribution in [0.15, 0.2) is 54.7 Å². The standard InChI is InChI=1S/C14H11N2O6P/c17-16(18)10-5-7-11(8-6-10)21-23(19,20)22-14-9-15-13-4-2-1-3-12(13)14/h1-9,15H,(H,19,20). The number of hydrogen-bond donors (Lipinski definition) is 2. The number of nitrogens with zero attached hydrogens (tertiary/aromatic N) is 1. The number of fused-ring (bicyclic) bond motifs is 1. The van der Waals surface area contributed by atoms with Crippen molar-refractivity contribution in [1.29, 1.82) is 0 Å². The molecule has 3 rings (SSSR count). The lowest BCUT2D eigenvalue weighted by atomic mass is 10.2. The molecule has 118 valence electrons. The molecule has 23 heavy (non-hydrogen) atoms. The number of nitrogens with one attached hydrogen (secondary N) is 1. The number of phosphoric acid groups is 1. The van der Waals surface area contributed by atoms with Crippen molar-refractivity contribution in [2.75, 3.05) is 0 Å². The first kappa shape index (κ1) is 15.1. The third kappa shape index (κ3) is 3.33. The van der Waals surface area contributed by atoms with Crippen molar-refractivity contribution < 1.29 is 23.4 Å².